The van der Waals surface area contributed by atoms with Gasteiger partial charge >= 0.3 is 0 Å². The molecule has 16 heavy (non-hydrogen) atoms. The lowest BCUT2D eigenvalue weighted by atomic mass is 10.2. The average molecular weight is 231 g/mol. The van der Waals surface area contributed by atoms with Gasteiger partial charge in [-0.25, -0.2) is 0 Å². The van der Waals surface area contributed by atoms with Crippen molar-refractivity contribution in [2.24, 2.45) is 0 Å². The van der Waals surface area contributed by atoms with E-state index in [1.54, 1.807) is 4.52 Å². The van der Waals surface area contributed by atoms with Crippen LogP contribution in [-0.2, 0) is 0 Å². The molecule has 0 fully saturated rings. The summed E-state index contributed by atoms with van der Waals surface area (Å²) in [6, 6.07) is 7.66. The molecule has 0 aliphatic carbocycles. The van der Waals surface area contributed by atoms with E-state index in [1.165, 1.54) is 11.3 Å². The van der Waals surface area contributed by atoms with Gasteiger partial charge in [0, 0.05) is 11.3 Å². The minimum absolute atomic E-state index is 0.736. The molecular formula is C10H9N5S. The number of nitrogen functional groups attached to an aromatic ring is 1. The third-order valence-electron chi connectivity index (χ3n) is 2.28. The molecule has 0 radical (unpaired) electrons. The maximum absolute atomic E-state index is 5.74. The molecule has 0 aliphatic rings. The Kier molecular flexibility index (Phi) is 1.90. The summed E-state index contributed by atoms with van der Waals surface area (Å²) in [6.45, 7) is 1.88. The Labute approximate surface area is 95.5 Å². The summed E-state index contributed by atoms with van der Waals surface area (Å²) < 4.78 is 1.74. The molecule has 2 N–H and O–H groups in total. The predicted octanol–water partition coefficient (Wildman–Crippen LogP) is 1.74. The average Bonchev–Trinajstić information content (AvgIpc) is 2.81. The topological polar surface area (TPSA) is 69.1 Å². The predicted molar refractivity (Wildman–Crippen MR) is 63.2 cm³/mol. The summed E-state index contributed by atoms with van der Waals surface area (Å²) in [5.41, 5.74) is 7.48. The van der Waals surface area contributed by atoms with Crippen LogP contribution < -0.4 is 5.73 Å². The molecule has 1 aromatic carbocycles. The number of fused-ring (bicyclic) bond motifs is 1. The number of benzene rings is 1. The molecule has 2 aromatic heterocycles. The first kappa shape index (κ1) is 9.29. The molecule has 0 aliphatic heterocycles. The van der Waals surface area contributed by atoms with Crippen molar-refractivity contribution in [2.45, 2.75) is 6.92 Å². The molecule has 0 atom stereocenters. The van der Waals surface area contributed by atoms with E-state index in [9.17, 15) is 0 Å². The Morgan fingerprint density at radius 1 is 1.31 bits per heavy atom. The number of aromatic nitrogens is 4. The highest BCUT2D eigenvalue weighted by molar-refractivity contribution is 7.19. The van der Waals surface area contributed by atoms with Crippen molar-refractivity contribution in [1.29, 1.82) is 0 Å². The standard InChI is InChI=1S/C10H9N5S/c1-6-12-13-10-15(6)14-9(16-10)7-3-2-4-8(11)5-7/h2-5H,11H2,1H3. The van der Waals surface area contributed by atoms with Crippen molar-refractivity contribution in [2.75, 3.05) is 5.73 Å². The van der Waals surface area contributed by atoms with Crippen LogP contribution in [0.25, 0.3) is 15.5 Å². The molecule has 0 spiro atoms. The van der Waals surface area contributed by atoms with Gasteiger partial charge in [-0.15, -0.1) is 10.2 Å². The van der Waals surface area contributed by atoms with Crippen LogP contribution in [0.3, 0.4) is 0 Å². The number of rotatable bonds is 1. The number of hydrogen-bond donors (Lipinski definition) is 1. The Morgan fingerprint density at radius 3 is 2.94 bits per heavy atom. The molecular weight excluding hydrogens is 222 g/mol. The van der Waals surface area contributed by atoms with Crippen LogP contribution in [0.4, 0.5) is 5.69 Å². The van der Waals surface area contributed by atoms with Crippen molar-refractivity contribution in [3.8, 4) is 10.6 Å². The van der Waals surface area contributed by atoms with Gasteiger partial charge in [0.2, 0.25) is 4.96 Å². The molecule has 80 valence electrons. The highest BCUT2D eigenvalue weighted by Crippen LogP contribution is 2.26. The smallest absolute Gasteiger partial charge is 0.234 e. The SMILES string of the molecule is Cc1nnc2sc(-c3cccc(N)c3)nn12. The highest BCUT2D eigenvalue weighted by atomic mass is 32.1. The normalized spacial score (nSPS) is 11.1. The van der Waals surface area contributed by atoms with Gasteiger partial charge in [0.05, 0.1) is 0 Å². The monoisotopic (exact) mass is 231 g/mol. The van der Waals surface area contributed by atoms with Crippen LogP contribution >= 0.6 is 11.3 Å². The maximum atomic E-state index is 5.74. The van der Waals surface area contributed by atoms with Crippen LogP contribution in [0.5, 0.6) is 0 Å². The van der Waals surface area contributed by atoms with Crippen LogP contribution in [0.1, 0.15) is 5.82 Å². The van der Waals surface area contributed by atoms with Gasteiger partial charge < -0.3 is 5.73 Å². The first-order valence-electron chi connectivity index (χ1n) is 4.79. The fourth-order valence-electron chi connectivity index (χ4n) is 1.50. The van der Waals surface area contributed by atoms with Gasteiger partial charge in [0.1, 0.15) is 5.01 Å². The second kappa shape index (κ2) is 3.28. The highest BCUT2D eigenvalue weighted by Gasteiger charge is 2.09. The number of aryl methyl sites for hydroxylation is 1. The maximum Gasteiger partial charge on any atom is 0.234 e. The third kappa shape index (κ3) is 1.35. The summed E-state index contributed by atoms with van der Waals surface area (Å²) in [5.74, 6) is 0.793. The van der Waals surface area contributed by atoms with E-state index in [1.807, 2.05) is 31.2 Å². The van der Waals surface area contributed by atoms with Gasteiger partial charge in [0.15, 0.2) is 5.82 Å². The molecule has 3 aromatic rings. The van der Waals surface area contributed by atoms with Crippen LogP contribution in [-0.4, -0.2) is 19.8 Å². The van der Waals surface area contributed by atoms with Gasteiger partial charge in [-0.1, -0.05) is 23.5 Å². The van der Waals surface area contributed by atoms with Gasteiger partial charge in [-0.3, -0.25) is 0 Å². The Balaban J connectivity index is 2.19. The lowest BCUT2D eigenvalue weighted by molar-refractivity contribution is 0.898. The van der Waals surface area contributed by atoms with Gasteiger partial charge in [-0.05, 0) is 19.1 Å². The van der Waals surface area contributed by atoms with Crippen LogP contribution in [0.2, 0.25) is 0 Å². The Bertz CT molecular complexity index is 654. The first-order chi connectivity index (χ1) is 7.74. The molecule has 2 heterocycles. The van der Waals surface area contributed by atoms with E-state index in [-0.39, 0.29) is 0 Å². The lowest BCUT2D eigenvalue weighted by Crippen LogP contribution is -1.89. The molecule has 0 unspecified atom stereocenters. The van der Waals surface area contributed by atoms with E-state index in [4.69, 9.17) is 5.73 Å². The zero-order chi connectivity index (χ0) is 11.1. The van der Waals surface area contributed by atoms with Crippen molar-refractivity contribution in [3.05, 3.63) is 30.1 Å². The summed E-state index contributed by atoms with van der Waals surface area (Å²) in [6.07, 6.45) is 0. The Hall–Kier alpha value is -1.95. The number of anilines is 1. The minimum atomic E-state index is 0.736. The molecule has 0 bridgehead atoms. The summed E-state index contributed by atoms with van der Waals surface area (Å²) >= 11 is 1.50. The number of hydrogen-bond acceptors (Lipinski definition) is 5. The largest absolute Gasteiger partial charge is 0.399 e. The van der Waals surface area contributed by atoms with Crippen molar-refractivity contribution in [1.82, 2.24) is 19.8 Å². The van der Waals surface area contributed by atoms with Crippen molar-refractivity contribution < 1.29 is 0 Å². The van der Waals surface area contributed by atoms with Crippen molar-refractivity contribution in [3.63, 3.8) is 0 Å². The van der Waals surface area contributed by atoms with Crippen LogP contribution in [0.15, 0.2) is 24.3 Å². The zero-order valence-electron chi connectivity index (χ0n) is 8.58. The summed E-state index contributed by atoms with van der Waals surface area (Å²) in [4.78, 5) is 0.801. The molecule has 3 rings (SSSR count). The number of nitrogens with two attached hydrogens (primary N) is 1. The first-order valence-corrected chi connectivity index (χ1v) is 5.60. The van der Waals surface area contributed by atoms with E-state index in [2.05, 4.69) is 15.3 Å². The fraction of sp³-hybridized carbons (Fsp3) is 0.100. The molecule has 0 amide bonds. The molecule has 6 heteroatoms. The van der Waals surface area contributed by atoms with Gasteiger partial charge in [0.25, 0.3) is 0 Å². The van der Waals surface area contributed by atoms with E-state index >= 15 is 0 Å². The van der Waals surface area contributed by atoms with E-state index in [0.717, 1.165) is 27.0 Å². The fourth-order valence-corrected chi connectivity index (χ4v) is 2.38. The minimum Gasteiger partial charge on any atom is -0.399 e. The third-order valence-corrected chi connectivity index (χ3v) is 3.23. The quantitative estimate of drug-likeness (QED) is 0.648. The van der Waals surface area contributed by atoms with Gasteiger partial charge in [-0.2, -0.15) is 9.61 Å². The number of nitrogens with zero attached hydrogens (tertiary/aromatic N) is 4. The van der Waals surface area contributed by atoms with E-state index in [0.29, 0.717) is 0 Å². The molecule has 5 nitrogen and oxygen atoms in total. The Morgan fingerprint density at radius 2 is 2.19 bits per heavy atom. The second-order valence-electron chi connectivity index (χ2n) is 3.47. The van der Waals surface area contributed by atoms with Crippen LogP contribution in [0, 0.1) is 6.92 Å². The molecule has 0 saturated heterocycles. The second-order valence-corrected chi connectivity index (χ2v) is 4.43. The van der Waals surface area contributed by atoms with Crippen molar-refractivity contribution >= 4 is 22.0 Å². The summed E-state index contributed by atoms with van der Waals surface area (Å²) in [7, 11) is 0. The zero-order valence-corrected chi connectivity index (χ0v) is 9.40. The lowest BCUT2D eigenvalue weighted by Gasteiger charge is -1.96. The summed E-state index contributed by atoms with van der Waals surface area (Å²) in [5, 5.41) is 13.3. The van der Waals surface area contributed by atoms with E-state index < -0.39 is 0 Å². The molecule has 0 saturated carbocycles.